The van der Waals surface area contributed by atoms with E-state index in [0.29, 0.717) is 17.0 Å². The van der Waals surface area contributed by atoms with Crippen molar-refractivity contribution < 1.29 is 23.5 Å². The third-order valence-electron chi connectivity index (χ3n) is 3.72. The molecule has 3 rings (SSSR count). The number of para-hydroxylation sites is 1. The minimum atomic E-state index is -0.644. The molecule has 2 heterocycles. The monoisotopic (exact) mass is 340 g/mol. The van der Waals surface area contributed by atoms with E-state index >= 15 is 0 Å². The number of furan rings is 1. The lowest BCUT2D eigenvalue weighted by Crippen LogP contribution is -2.13. The first-order valence-corrected chi connectivity index (χ1v) is 7.47. The highest BCUT2D eigenvalue weighted by Crippen LogP contribution is 2.31. The third-order valence-corrected chi connectivity index (χ3v) is 3.72. The molecule has 1 N–H and O–H groups in total. The predicted molar refractivity (Wildman–Crippen MR) is 91.0 cm³/mol. The van der Waals surface area contributed by atoms with Crippen LogP contribution in [0.25, 0.3) is 10.9 Å². The van der Waals surface area contributed by atoms with Gasteiger partial charge in [-0.2, -0.15) is 0 Å². The maximum atomic E-state index is 12.5. The number of aromatic nitrogens is 1. The van der Waals surface area contributed by atoms with Gasteiger partial charge in [-0.1, -0.05) is 12.1 Å². The molecule has 3 aromatic rings. The first kappa shape index (κ1) is 16.5. The fraction of sp³-hybridized carbons (Fsp3) is 0.167. The number of aryl methyl sites for hydroxylation is 1. The van der Waals surface area contributed by atoms with Crippen LogP contribution in [0.1, 0.15) is 26.7 Å². The molecule has 2 aromatic heterocycles. The number of hydrogen-bond donors (Lipinski definition) is 1. The zero-order chi connectivity index (χ0) is 18.0. The minimum Gasteiger partial charge on any atom is -0.494 e. The van der Waals surface area contributed by atoms with Gasteiger partial charge < -0.3 is 19.2 Å². The van der Waals surface area contributed by atoms with Crippen molar-refractivity contribution in [2.24, 2.45) is 0 Å². The lowest BCUT2D eigenvalue weighted by Gasteiger charge is -2.12. The number of esters is 1. The Bertz CT molecular complexity index is 961. The van der Waals surface area contributed by atoms with Crippen LogP contribution in [0, 0.1) is 6.92 Å². The minimum absolute atomic E-state index is 0.00709. The maximum absolute atomic E-state index is 12.5. The summed E-state index contributed by atoms with van der Waals surface area (Å²) in [5, 5.41) is 3.55. The second-order valence-electron chi connectivity index (χ2n) is 5.28. The Morgan fingerprint density at radius 2 is 1.88 bits per heavy atom. The summed E-state index contributed by atoms with van der Waals surface area (Å²) in [5.74, 6) is -0.542. The SMILES string of the molecule is COC(=O)c1ccc(C(=O)Nc2c(C)cnc3c(OC)cccc23)o1. The number of hydrogen-bond acceptors (Lipinski definition) is 6. The van der Waals surface area contributed by atoms with Crippen molar-refractivity contribution in [1.29, 1.82) is 0 Å². The van der Waals surface area contributed by atoms with E-state index in [1.807, 2.05) is 19.1 Å². The number of pyridine rings is 1. The summed E-state index contributed by atoms with van der Waals surface area (Å²) >= 11 is 0. The molecule has 25 heavy (non-hydrogen) atoms. The molecule has 0 atom stereocenters. The number of carbonyl (C=O) groups is 2. The highest BCUT2D eigenvalue weighted by Gasteiger charge is 2.18. The van der Waals surface area contributed by atoms with Crippen molar-refractivity contribution in [3.05, 3.63) is 53.6 Å². The van der Waals surface area contributed by atoms with Gasteiger partial charge in [0.05, 0.1) is 19.9 Å². The summed E-state index contributed by atoms with van der Waals surface area (Å²) in [5.41, 5.74) is 2.03. The molecule has 7 nitrogen and oxygen atoms in total. The van der Waals surface area contributed by atoms with E-state index in [4.69, 9.17) is 9.15 Å². The van der Waals surface area contributed by atoms with Crippen LogP contribution in [0.4, 0.5) is 5.69 Å². The standard InChI is InChI=1S/C18H16N2O5/c1-10-9-19-16-11(5-4-6-12(16)23-2)15(10)20-17(21)13-7-8-14(25-13)18(22)24-3/h4-9H,1-3H3,(H,19,20,21). The molecule has 0 bridgehead atoms. The van der Waals surface area contributed by atoms with Crippen LogP contribution in [-0.2, 0) is 4.74 Å². The summed E-state index contributed by atoms with van der Waals surface area (Å²) in [7, 11) is 2.80. The van der Waals surface area contributed by atoms with Gasteiger partial charge in [-0.25, -0.2) is 4.79 Å². The fourth-order valence-corrected chi connectivity index (χ4v) is 2.47. The summed E-state index contributed by atoms with van der Waals surface area (Å²) < 4.78 is 15.1. The van der Waals surface area contributed by atoms with Crippen LogP contribution < -0.4 is 10.1 Å². The summed E-state index contributed by atoms with van der Waals surface area (Å²) in [6, 6.07) is 8.27. The van der Waals surface area contributed by atoms with E-state index in [1.54, 1.807) is 19.4 Å². The summed E-state index contributed by atoms with van der Waals surface area (Å²) in [6.07, 6.45) is 1.66. The average Bonchev–Trinajstić information content (AvgIpc) is 3.13. The number of nitrogens with one attached hydrogen (secondary N) is 1. The normalized spacial score (nSPS) is 10.5. The van der Waals surface area contributed by atoms with Gasteiger partial charge in [-0.05, 0) is 30.7 Å². The first-order chi connectivity index (χ1) is 12.0. The van der Waals surface area contributed by atoms with Crippen molar-refractivity contribution in [2.75, 3.05) is 19.5 Å². The molecule has 0 radical (unpaired) electrons. The van der Waals surface area contributed by atoms with Crippen LogP contribution in [0.2, 0.25) is 0 Å². The molecular weight excluding hydrogens is 324 g/mol. The summed E-state index contributed by atoms with van der Waals surface area (Å²) in [4.78, 5) is 28.3. The fourth-order valence-electron chi connectivity index (χ4n) is 2.47. The first-order valence-electron chi connectivity index (χ1n) is 7.47. The van der Waals surface area contributed by atoms with E-state index in [2.05, 4.69) is 15.0 Å². The zero-order valence-electron chi connectivity index (χ0n) is 14.0. The van der Waals surface area contributed by atoms with E-state index in [9.17, 15) is 9.59 Å². The van der Waals surface area contributed by atoms with Gasteiger partial charge in [0.15, 0.2) is 5.76 Å². The summed E-state index contributed by atoms with van der Waals surface area (Å²) in [6.45, 7) is 1.84. The van der Waals surface area contributed by atoms with Gasteiger partial charge in [0.2, 0.25) is 5.76 Å². The van der Waals surface area contributed by atoms with E-state index in [1.165, 1.54) is 19.2 Å². The number of methoxy groups -OCH3 is 2. The quantitative estimate of drug-likeness (QED) is 0.734. The number of benzene rings is 1. The largest absolute Gasteiger partial charge is 0.494 e. The predicted octanol–water partition coefficient (Wildman–Crippen LogP) is 3.18. The second kappa shape index (κ2) is 6.64. The third kappa shape index (κ3) is 3.03. The van der Waals surface area contributed by atoms with Gasteiger partial charge >= 0.3 is 5.97 Å². The van der Waals surface area contributed by atoms with Gasteiger partial charge in [0, 0.05) is 11.6 Å². The number of carbonyl (C=O) groups excluding carboxylic acids is 2. The van der Waals surface area contributed by atoms with Gasteiger partial charge in [0.1, 0.15) is 11.3 Å². The Labute approximate surface area is 143 Å². The number of amides is 1. The highest BCUT2D eigenvalue weighted by atomic mass is 16.5. The Kier molecular flexibility index (Phi) is 4.38. The number of anilines is 1. The lowest BCUT2D eigenvalue weighted by atomic mass is 10.1. The number of nitrogens with zero attached hydrogens (tertiary/aromatic N) is 1. The molecule has 0 saturated heterocycles. The van der Waals surface area contributed by atoms with Crippen LogP contribution >= 0.6 is 0 Å². The van der Waals surface area contributed by atoms with Gasteiger partial charge in [-0.3, -0.25) is 9.78 Å². The molecule has 0 spiro atoms. The maximum Gasteiger partial charge on any atom is 0.373 e. The van der Waals surface area contributed by atoms with Gasteiger partial charge in [0.25, 0.3) is 5.91 Å². The van der Waals surface area contributed by atoms with Gasteiger partial charge in [-0.15, -0.1) is 0 Å². The Morgan fingerprint density at radius 1 is 1.12 bits per heavy atom. The molecule has 0 aliphatic carbocycles. The van der Waals surface area contributed by atoms with Crippen molar-refractivity contribution in [2.45, 2.75) is 6.92 Å². The Morgan fingerprint density at radius 3 is 2.60 bits per heavy atom. The van der Waals surface area contributed by atoms with E-state index in [0.717, 1.165) is 10.9 Å². The Balaban J connectivity index is 1.97. The molecule has 0 unspecified atom stereocenters. The molecule has 0 aliphatic heterocycles. The van der Waals surface area contributed by atoms with Crippen molar-refractivity contribution in [1.82, 2.24) is 4.98 Å². The van der Waals surface area contributed by atoms with Crippen LogP contribution in [-0.4, -0.2) is 31.1 Å². The second-order valence-corrected chi connectivity index (χ2v) is 5.28. The molecule has 1 aromatic carbocycles. The number of rotatable bonds is 4. The topological polar surface area (TPSA) is 90.7 Å². The molecule has 128 valence electrons. The molecule has 7 heteroatoms. The van der Waals surface area contributed by atoms with Crippen molar-refractivity contribution in [3.63, 3.8) is 0 Å². The van der Waals surface area contributed by atoms with Crippen LogP contribution in [0.3, 0.4) is 0 Å². The van der Waals surface area contributed by atoms with Crippen molar-refractivity contribution in [3.8, 4) is 5.75 Å². The van der Waals surface area contributed by atoms with E-state index < -0.39 is 11.9 Å². The highest BCUT2D eigenvalue weighted by molar-refractivity contribution is 6.09. The molecule has 1 amide bonds. The van der Waals surface area contributed by atoms with Crippen molar-refractivity contribution >= 4 is 28.5 Å². The van der Waals surface area contributed by atoms with Crippen LogP contribution in [0.15, 0.2) is 40.9 Å². The lowest BCUT2D eigenvalue weighted by molar-refractivity contribution is 0.0563. The van der Waals surface area contributed by atoms with Crippen LogP contribution in [0.5, 0.6) is 5.75 Å². The molecular formula is C18H16N2O5. The number of fused-ring (bicyclic) bond motifs is 1. The Hall–Kier alpha value is -3.35. The average molecular weight is 340 g/mol. The molecule has 0 fully saturated rings. The molecule has 0 saturated carbocycles. The smallest absolute Gasteiger partial charge is 0.373 e. The van der Waals surface area contributed by atoms with E-state index in [-0.39, 0.29) is 11.5 Å². The molecule has 0 aliphatic rings. The number of ether oxygens (including phenoxy) is 2. The zero-order valence-corrected chi connectivity index (χ0v) is 14.0.